The zero-order chi connectivity index (χ0) is 15.9. The van der Waals surface area contributed by atoms with Gasteiger partial charge in [0.1, 0.15) is 0 Å². The average molecular weight is 299 g/mol. The highest BCUT2D eigenvalue weighted by Crippen LogP contribution is 2.35. The van der Waals surface area contributed by atoms with Gasteiger partial charge in [-0.25, -0.2) is 0 Å². The third kappa shape index (κ3) is 2.51. The van der Waals surface area contributed by atoms with Crippen molar-refractivity contribution >= 4 is 11.6 Å². The van der Waals surface area contributed by atoms with E-state index in [0.29, 0.717) is 24.7 Å². The Balaban J connectivity index is 1.89. The summed E-state index contributed by atoms with van der Waals surface area (Å²) in [7, 11) is 0. The Kier molecular flexibility index (Phi) is 3.72. The molecule has 0 radical (unpaired) electrons. The van der Waals surface area contributed by atoms with E-state index in [1.54, 1.807) is 0 Å². The van der Waals surface area contributed by atoms with E-state index in [4.69, 9.17) is 4.52 Å². The minimum atomic E-state index is -0.0135. The second kappa shape index (κ2) is 5.55. The number of benzene rings is 1. The summed E-state index contributed by atoms with van der Waals surface area (Å²) >= 11 is 0. The van der Waals surface area contributed by atoms with Crippen molar-refractivity contribution in [2.75, 3.05) is 11.4 Å². The van der Waals surface area contributed by atoms with Crippen molar-refractivity contribution in [2.45, 2.75) is 46.5 Å². The van der Waals surface area contributed by atoms with Crippen LogP contribution in [0.25, 0.3) is 0 Å². The summed E-state index contributed by atoms with van der Waals surface area (Å²) in [4.78, 5) is 18.7. The van der Waals surface area contributed by atoms with Crippen LogP contribution < -0.4 is 4.90 Å². The van der Waals surface area contributed by atoms with Gasteiger partial charge in [-0.3, -0.25) is 4.79 Å². The second-order valence-corrected chi connectivity index (χ2v) is 6.06. The maximum absolute atomic E-state index is 12.5. The third-order valence-electron chi connectivity index (χ3n) is 4.18. The normalized spacial score (nSPS) is 18.3. The molecular formula is C17H21N3O2. The lowest BCUT2D eigenvalue weighted by molar-refractivity contribution is -0.117. The van der Waals surface area contributed by atoms with Gasteiger partial charge in [-0.15, -0.1) is 0 Å². The van der Waals surface area contributed by atoms with Gasteiger partial charge in [0.05, 0.1) is 5.92 Å². The van der Waals surface area contributed by atoms with Crippen LogP contribution in [-0.4, -0.2) is 22.6 Å². The van der Waals surface area contributed by atoms with E-state index in [0.717, 1.165) is 23.2 Å². The van der Waals surface area contributed by atoms with Crippen molar-refractivity contribution in [1.29, 1.82) is 0 Å². The minimum absolute atomic E-state index is 0.0135. The number of hydrogen-bond acceptors (Lipinski definition) is 4. The van der Waals surface area contributed by atoms with E-state index in [9.17, 15) is 4.79 Å². The summed E-state index contributed by atoms with van der Waals surface area (Å²) in [5.74, 6) is 1.38. The lowest BCUT2D eigenvalue weighted by atomic mass is 10.0. The Hall–Kier alpha value is -2.17. The molecule has 2 heterocycles. The van der Waals surface area contributed by atoms with Crippen LogP contribution in [-0.2, 0) is 11.2 Å². The molecule has 1 aliphatic rings. The molecule has 1 saturated heterocycles. The van der Waals surface area contributed by atoms with Crippen LogP contribution in [0.4, 0.5) is 5.69 Å². The highest BCUT2D eigenvalue weighted by molar-refractivity contribution is 5.97. The molecule has 1 atom stereocenters. The predicted octanol–water partition coefficient (Wildman–Crippen LogP) is 3.08. The fourth-order valence-corrected chi connectivity index (χ4v) is 3.26. The molecule has 0 spiro atoms. The lowest BCUT2D eigenvalue weighted by Crippen LogP contribution is -2.26. The summed E-state index contributed by atoms with van der Waals surface area (Å²) in [5, 5.41) is 3.93. The summed E-state index contributed by atoms with van der Waals surface area (Å²) in [6.07, 6.45) is 1.17. The van der Waals surface area contributed by atoms with Crippen molar-refractivity contribution in [2.24, 2.45) is 0 Å². The van der Waals surface area contributed by atoms with E-state index in [1.807, 2.05) is 11.8 Å². The van der Waals surface area contributed by atoms with Gasteiger partial charge >= 0.3 is 0 Å². The molecule has 0 N–H and O–H groups in total. The molecular weight excluding hydrogens is 278 g/mol. The monoisotopic (exact) mass is 299 g/mol. The van der Waals surface area contributed by atoms with Gasteiger partial charge in [-0.05, 0) is 31.9 Å². The van der Waals surface area contributed by atoms with Crippen LogP contribution in [0, 0.1) is 20.8 Å². The zero-order valence-corrected chi connectivity index (χ0v) is 13.5. The van der Waals surface area contributed by atoms with Crippen LogP contribution in [0.3, 0.4) is 0 Å². The summed E-state index contributed by atoms with van der Waals surface area (Å²) in [5.41, 5.74) is 4.50. The van der Waals surface area contributed by atoms with Crippen LogP contribution in [0.2, 0.25) is 0 Å². The first-order valence-electron chi connectivity index (χ1n) is 7.70. The van der Waals surface area contributed by atoms with Gasteiger partial charge in [0.15, 0.2) is 5.82 Å². The van der Waals surface area contributed by atoms with Gasteiger partial charge in [-0.1, -0.05) is 29.8 Å². The quantitative estimate of drug-likeness (QED) is 0.874. The topological polar surface area (TPSA) is 59.2 Å². The Bertz CT molecular complexity index is 697. The minimum Gasteiger partial charge on any atom is -0.339 e. The molecule has 0 saturated carbocycles. The number of hydrogen-bond donors (Lipinski definition) is 0. The molecule has 0 aliphatic carbocycles. The molecule has 22 heavy (non-hydrogen) atoms. The largest absolute Gasteiger partial charge is 0.339 e. The molecule has 1 unspecified atom stereocenters. The predicted molar refractivity (Wildman–Crippen MR) is 84.0 cm³/mol. The van der Waals surface area contributed by atoms with Gasteiger partial charge in [0.2, 0.25) is 11.8 Å². The van der Waals surface area contributed by atoms with E-state index >= 15 is 0 Å². The van der Waals surface area contributed by atoms with Gasteiger partial charge in [-0.2, -0.15) is 4.98 Å². The summed E-state index contributed by atoms with van der Waals surface area (Å²) in [6, 6.07) is 4.23. The fourth-order valence-electron chi connectivity index (χ4n) is 3.26. The van der Waals surface area contributed by atoms with Gasteiger partial charge in [0, 0.05) is 25.1 Å². The Morgan fingerprint density at radius 2 is 1.95 bits per heavy atom. The first kappa shape index (κ1) is 14.8. The number of nitrogens with zero attached hydrogens (tertiary/aromatic N) is 3. The number of carbonyl (C=O) groups excluding carboxylic acids is 1. The summed E-state index contributed by atoms with van der Waals surface area (Å²) in [6.45, 7) is 8.77. The van der Waals surface area contributed by atoms with E-state index in [1.165, 1.54) is 5.56 Å². The molecule has 1 aliphatic heterocycles. The molecule has 116 valence electrons. The maximum Gasteiger partial charge on any atom is 0.232 e. The average Bonchev–Trinajstić information content (AvgIpc) is 3.05. The molecule has 2 aromatic rings. The molecule has 5 heteroatoms. The van der Waals surface area contributed by atoms with Crippen molar-refractivity contribution in [3.63, 3.8) is 0 Å². The Morgan fingerprint density at radius 3 is 2.55 bits per heavy atom. The Morgan fingerprint density at radius 1 is 1.27 bits per heavy atom. The van der Waals surface area contributed by atoms with Crippen LogP contribution in [0.15, 0.2) is 16.7 Å². The first-order chi connectivity index (χ1) is 10.5. The number of amides is 1. The second-order valence-electron chi connectivity index (χ2n) is 6.06. The standard InChI is InChI=1S/C17H21N3O2/c1-5-14-18-17(22-19-14)13-8-15(21)20(9-13)16-11(3)6-10(2)7-12(16)4/h6-7,13H,5,8-9H2,1-4H3. The number of rotatable bonds is 3. The number of carbonyl (C=O) groups is 1. The Labute approximate surface area is 130 Å². The zero-order valence-electron chi connectivity index (χ0n) is 13.5. The molecule has 0 bridgehead atoms. The van der Waals surface area contributed by atoms with Crippen LogP contribution in [0.5, 0.6) is 0 Å². The molecule has 1 amide bonds. The summed E-state index contributed by atoms with van der Waals surface area (Å²) < 4.78 is 5.31. The molecule has 1 fully saturated rings. The molecule has 5 nitrogen and oxygen atoms in total. The first-order valence-corrected chi connectivity index (χ1v) is 7.70. The van der Waals surface area contributed by atoms with Gasteiger partial charge in [0.25, 0.3) is 0 Å². The number of anilines is 1. The van der Waals surface area contributed by atoms with Crippen molar-refractivity contribution in [1.82, 2.24) is 10.1 Å². The molecule has 1 aromatic carbocycles. The molecule has 1 aromatic heterocycles. The van der Waals surface area contributed by atoms with E-state index < -0.39 is 0 Å². The molecule has 3 rings (SSSR count). The van der Waals surface area contributed by atoms with Crippen molar-refractivity contribution in [3.8, 4) is 0 Å². The lowest BCUT2D eigenvalue weighted by Gasteiger charge is -2.21. The maximum atomic E-state index is 12.5. The van der Waals surface area contributed by atoms with E-state index in [-0.39, 0.29) is 11.8 Å². The number of aromatic nitrogens is 2. The van der Waals surface area contributed by atoms with Crippen molar-refractivity contribution in [3.05, 3.63) is 40.5 Å². The van der Waals surface area contributed by atoms with Crippen LogP contribution in [0.1, 0.15) is 47.7 Å². The smallest absolute Gasteiger partial charge is 0.232 e. The van der Waals surface area contributed by atoms with Gasteiger partial charge < -0.3 is 9.42 Å². The fraction of sp³-hybridized carbons (Fsp3) is 0.471. The van der Waals surface area contributed by atoms with Crippen molar-refractivity contribution < 1.29 is 9.32 Å². The highest BCUT2D eigenvalue weighted by Gasteiger charge is 2.36. The third-order valence-corrected chi connectivity index (χ3v) is 4.18. The van der Waals surface area contributed by atoms with E-state index in [2.05, 4.69) is 43.0 Å². The van der Waals surface area contributed by atoms with Crippen LogP contribution >= 0.6 is 0 Å². The SMILES string of the molecule is CCc1noc(C2CC(=O)N(c3c(C)cc(C)cc3C)C2)n1. The number of aryl methyl sites for hydroxylation is 4. The highest BCUT2D eigenvalue weighted by atomic mass is 16.5.